The Balaban J connectivity index is 1.89. The summed E-state index contributed by atoms with van der Waals surface area (Å²) in [5, 5.41) is 9.91. The first-order valence-electron chi connectivity index (χ1n) is 6.35. The minimum absolute atomic E-state index is 0.0459. The number of rotatable bonds is 1. The van der Waals surface area contributed by atoms with Gasteiger partial charge in [0.05, 0.1) is 6.33 Å². The van der Waals surface area contributed by atoms with Crippen molar-refractivity contribution in [1.29, 1.82) is 0 Å². The molecule has 0 radical (unpaired) electrons. The minimum Gasteiger partial charge on any atom is -0.421 e. The first-order chi connectivity index (χ1) is 10.4. The van der Waals surface area contributed by atoms with Gasteiger partial charge in [0, 0.05) is 0 Å². The van der Waals surface area contributed by atoms with Crippen molar-refractivity contribution in [3.63, 3.8) is 0 Å². The largest absolute Gasteiger partial charge is 0.509 e. The lowest BCUT2D eigenvalue weighted by Gasteiger charge is -2.25. The molecule has 0 aromatic carbocycles. The number of hydrogen-bond acceptors (Lipinski definition) is 9. The first kappa shape index (κ1) is 13.0. The third kappa shape index (κ3) is 1.51. The molecule has 11 nitrogen and oxygen atoms in total. The van der Waals surface area contributed by atoms with Crippen LogP contribution in [0, 0.1) is 0 Å². The molecule has 0 aliphatic carbocycles. The van der Waals surface area contributed by atoms with Crippen molar-refractivity contribution in [3.8, 4) is 0 Å². The van der Waals surface area contributed by atoms with Crippen LogP contribution >= 0.6 is 0 Å². The Labute approximate surface area is 121 Å². The third-order valence-electron chi connectivity index (χ3n) is 3.81. The lowest BCUT2D eigenvalue weighted by atomic mass is 9.99. The van der Waals surface area contributed by atoms with Crippen LogP contribution in [0.4, 0.5) is 10.7 Å². The molecule has 2 aliphatic rings. The molecule has 2 aromatic heterocycles. The van der Waals surface area contributed by atoms with Gasteiger partial charge in [0.1, 0.15) is 0 Å². The van der Waals surface area contributed by atoms with Crippen LogP contribution in [0.25, 0.3) is 11.2 Å². The quantitative estimate of drug-likeness (QED) is 0.553. The minimum atomic E-state index is -1.38. The fourth-order valence-electron chi connectivity index (χ4n) is 2.81. The first-order valence-corrected chi connectivity index (χ1v) is 6.35. The van der Waals surface area contributed by atoms with Crippen molar-refractivity contribution in [2.75, 3.05) is 5.73 Å². The number of nitrogen functional groups attached to an aromatic ring is 1. The zero-order valence-corrected chi connectivity index (χ0v) is 11.2. The lowest BCUT2D eigenvalue weighted by Crippen LogP contribution is -2.41. The number of nitrogens with zero attached hydrogens (tertiary/aromatic N) is 3. The number of nitrogens with two attached hydrogens (primary N) is 1. The van der Waals surface area contributed by atoms with Crippen LogP contribution in [0.5, 0.6) is 0 Å². The van der Waals surface area contributed by atoms with Gasteiger partial charge in [-0.3, -0.25) is 14.3 Å². The maximum absolute atomic E-state index is 11.8. The summed E-state index contributed by atoms with van der Waals surface area (Å²) in [5.74, 6) is -0.0980. The van der Waals surface area contributed by atoms with Crippen LogP contribution in [0.2, 0.25) is 0 Å². The number of aliphatic hydroxyl groups is 1. The Hall–Kier alpha value is -2.66. The van der Waals surface area contributed by atoms with E-state index in [0.717, 1.165) is 0 Å². The Morgan fingerprint density at radius 1 is 1.50 bits per heavy atom. The standard InChI is InChI=1S/C11H11N5O6/c1-11-4(20-10(19)22-11)7(18)21-8(11)16-2-13-3-5(16)14-9(12)15-6(3)17/h2,4,7-8,18H,1H3,(H3,12,14,15,17)/t4-,7?,8-,11-/m1/s1. The zero-order valence-electron chi connectivity index (χ0n) is 11.2. The number of H-pyrrole nitrogens is 1. The molecule has 4 N–H and O–H groups in total. The summed E-state index contributed by atoms with van der Waals surface area (Å²) >= 11 is 0. The number of carbonyl (C=O) groups excluding carboxylic acids is 1. The molecule has 2 saturated heterocycles. The number of fused-ring (bicyclic) bond motifs is 2. The van der Waals surface area contributed by atoms with Crippen LogP contribution in [-0.4, -0.2) is 48.8 Å². The number of aromatic amines is 1. The fraction of sp³-hybridized carbons (Fsp3) is 0.455. The van der Waals surface area contributed by atoms with E-state index in [1.165, 1.54) is 10.9 Å². The van der Waals surface area contributed by atoms with E-state index in [1.54, 1.807) is 6.92 Å². The number of anilines is 1. The molecule has 1 unspecified atom stereocenters. The molecular formula is C11H11N5O6. The second-order valence-corrected chi connectivity index (χ2v) is 5.23. The maximum atomic E-state index is 11.8. The molecule has 116 valence electrons. The van der Waals surface area contributed by atoms with Gasteiger partial charge in [-0.05, 0) is 6.92 Å². The number of imidazole rings is 1. The molecule has 4 heterocycles. The second-order valence-electron chi connectivity index (χ2n) is 5.23. The Kier molecular flexibility index (Phi) is 2.34. The van der Waals surface area contributed by atoms with E-state index < -0.39 is 35.9 Å². The molecule has 2 aliphatic heterocycles. The summed E-state index contributed by atoms with van der Waals surface area (Å²) in [4.78, 5) is 33.5. The molecule has 2 fully saturated rings. The van der Waals surface area contributed by atoms with Crippen LogP contribution in [-0.2, 0) is 14.2 Å². The van der Waals surface area contributed by atoms with Gasteiger partial charge in [0.25, 0.3) is 5.56 Å². The highest BCUT2D eigenvalue weighted by atomic mass is 16.8. The number of aliphatic hydroxyl groups excluding tert-OH is 1. The number of aromatic nitrogens is 4. The Morgan fingerprint density at radius 3 is 3.05 bits per heavy atom. The molecule has 11 heteroatoms. The molecule has 2 aromatic rings. The Morgan fingerprint density at radius 2 is 2.27 bits per heavy atom. The highest BCUT2D eigenvalue weighted by Crippen LogP contribution is 2.46. The predicted molar refractivity (Wildman–Crippen MR) is 68.4 cm³/mol. The van der Waals surface area contributed by atoms with Gasteiger partial charge in [-0.25, -0.2) is 9.78 Å². The summed E-state index contributed by atoms with van der Waals surface area (Å²) in [5.41, 5.74) is 3.92. The normalized spacial score (nSPS) is 33.7. The topological polar surface area (TPSA) is 155 Å². The second kappa shape index (κ2) is 3.96. The van der Waals surface area contributed by atoms with Gasteiger partial charge in [0.15, 0.2) is 35.4 Å². The van der Waals surface area contributed by atoms with Crippen molar-refractivity contribution in [1.82, 2.24) is 19.5 Å². The number of hydrogen-bond donors (Lipinski definition) is 3. The van der Waals surface area contributed by atoms with Gasteiger partial charge >= 0.3 is 6.16 Å². The van der Waals surface area contributed by atoms with E-state index >= 15 is 0 Å². The number of nitrogens with one attached hydrogen (secondary N) is 1. The van der Waals surface area contributed by atoms with Gasteiger partial charge in [0.2, 0.25) is 5.95 Å². The van der Waals surface area contributed by atoms with E-state index in [1.807, 2.05) is 0 Å². The van der Waals surface area contributed by atoms with E-state index in [-0.39, 0.29) is 17.1 Å². The van der Waals surface area contributed by atoms with Crippen molar-refractivity contribution in [3.05, 3.63) is 16.7 Å². The van der Waals surface area contributed by atoms with E-state index in [4.69, 9.17) is 19.9 Å². The SMILES string of the molecule is C[C@@]12OC(=O)O[C@@H]1C(O)O[C@H]2n1cnc2c(=O)[nH]c(N)nc21. The highest BCUT2D eigenvalue weighted by Gasteiger charge is 2.64. The van der Waals surface area contributed by atoms with E-state index in [2.05, 4.69) is 15.0 Å². The lowest BCUT2D eigenvalue weighted by molar-refractivity contribution is -0.154. The molecular weight excluding hydrogens is 298 g/mol. The maximum Gasteiger partial charge on any atom is 0.509 e. The molecule has 4 rings (SSSR count). The zero-order chi connectivity index (χ0) is 15.6. The summed E-state index contributed by atoms with van der Waals surface area (Å²) in [7, 11) is 0. The predicted octanol–water partition coefficient (Wildman–Crippen LogP) is -1.16. The van der Waals surface area contributed by atoms with Crippen molar-refractivity contribution >= 4 is 23.3 Å². The van der Waals surface area contributed by atoms with Gasteiger partial charge in [-0.2, -0.15) is 4.98 Å². The van der Waals surface area contributed by atoms with E-state index in [9.17, 15) is 14.7 Å². The van der Waals surface area contributed by atoms with Crippen LogP contribution in [0.15, 0.2) is 11.1 Å². The number of ether oxygens (including phenoxy) is 3. The number of carbonyl (C=O) groups is 1. The fourth-order valence-corrected chi connectivity index (χ4v) is 2.81. The van der Waals surface area contributed by atoms with Gasteiger partial charge < -0.3 is 25.1 Å². The molecule has 4 atom stereocenters. The average Bonchev–Trinajstić information content (AvgIpc) is 3.03. The molecule has 22 heavy (non-hydrogen) atoms. The molecule has 0 spiro atoms. The van der Waals surface area contributed by atoms with E-state index in [0.29, 0.717) is 0 Å². The smallest absolute Gasteiger partial charge is 0.421 e. The average molecular weight is 309 g/mol. The third-order valence-corrected chi connectivity index (χ3v) is 3.81. The summed E-state index contributed by atoms with van der Waals surface area (Å²) in [6, 6.07) is 0. The molecule has 0 amide bonds. The monoisotopic (exact) mass is 309 g/mol. The summed E-state index contributed by atoms with van der Waals surface area (Å²) in [6.45, 7) is 1.55. The van der Waals surface area contributed by atoms with Gasteiger partial charge in [-0.1, -0.05) is 0 Å². The molecule has 0 saturated carbocycles. The van der Waals surface area contributed by atoms with Gasteiger partial charge in [-0.15, -0.1) is 0 Å². The Bertz CT molecular complexity index is 845. The van der Waals surface area contributed by atoms with Crippen molar-refractivity contribution < 1.29 is 24.1 Å². The van der Waals surface area contributed by atoms with Crippen molar-refractivity contribution in [2.45, 2.75) is 31.1 Å². The van der Waals surface area contributed by atoms with Crippen LogP contribution in [0.1, 0.15) is 13.2 Å². The summed E-state index contributed by atoms with van der Waals surface area (Å²) in [6.07, 6.45) is -2.96. The van der Waals surface area contributed by atoms with Crippen LogP contribution < -0.4 is 11.3 Å². The van der Waals surface area contributed by atoms with Crippen LogP contribution in [0.3, 0.4) is 0 Å². The van der Waals surface area contributed by atoms with Crippen molar-refractivity contribution in [2.24, 2.45) is 0 Å². The summed E-state index contributed by atoms with van der Waals surface area (Å²) < 4.78 is 16.8. The molecule has 0 bridgehead atoms. The highest BCUT2D eigenvalue weighted by molar-refractivity contribution is 5.71.